The molecule has 18 heavy (non-hydrogen) atoms. The summed E-state index contributed by atoms with van der Waals surface area (Å²) in [4.78, 5) is 30.7. The molecule has 92 valence electrons. The van der Waals surface area contributed by atoms with Crippen LogP contribution in [-0.2, 0) is 9.47 Å². The van der Waals surface area contributed by atoms with Gasteiger partial charge in [-0.25, -0.2) is 19.6 Å². The van der Waals surface area contributed by atoms with Gasteiger partial charge in [0, 0.05) is 11.6 Å². The summed E-state index contributed by atoms with van der Waals surface area (Å²) in [7, 11) is 2.58. The number of pyridine rings is 2. The van der Waals surface area contributed by atoms with Gasteiger partial charge in [-0.1, -0.05) is 0 Å². The van der Waals surface area contributed by atoms with Crippen molar-refractivity contribution in [3.63, 3.8) is 0 Å². The lowest BCUT2D eigenvalue weighted by Crippen LogP contribution is -2.06. The number of esters is 2. The molecule has 2 aromatic rings. The van der Waals surface area contributed by atoms with Crippen molar-refractivity contribution in [3.8, 4) is 0 Å². The second kappa shape index (κ2) is 4.79. The van der Waals surface area contributed by atoms with E-state index in [1.54, 1.807) is 12.1 Å². The van der Waals surface area contributed by atoms with Crippen molar-refractivity contribution in [2.45, 2.75) is 0 Å². The summed E-state index contributed by atoms with van der Waals surface area (Å²) in [6.07, 6.45) is 1.35. The Hall–Kier alpha value is -2.50. The summed E-state index contributed by atoms with van der Waals surface area (Å²) >= 11 is 0. The number of ether oxygens (including phenoxy) is 2. The van der Waals surface area contributed by atoms with Crippen LogP contribution in [0.1, 0.15) is 20.8 Å². The molecule has 6 nitrogen and oxygen atoms in total. The molecule has 0 radical (unpaired) electrons. The molecular weight excluding hydrogens is 236 g/mol. The van der Waals surface area contributed by atoms with Crippen LogP contribution in [-0.4, -0.2) is 36.1 Å². The number of carbonyl (C=O) groups excluding carboxylic acids is 2. The highest BCUT2D eigenvalue weighted by Crippen LogP contribution is 2.13. The second-order valence-corrected chi connectivity index (χ2v) is 3.45. The molecule has 0 bridgehead atoms. The molecule has 6 heteroatoms. The molecule has 0 fully saturated rings. The maximum absolute atomic E-state index is 11.3. The molecular formula is C12H10N2O4. The Morgan fingerprint density at radius 1 is 1.11 bits per heavy atom. The van der Waals surface area contributed by atoms with E-state index < -0.39 is 11.9 Å². The SMILES string of the molecule is COC(=O)c1cnc2nc(C(=O)OC)ccc2c1. The molecule has 0 amide bonds. The van der Waals surface area contributed by atoms with Crippen molar-refractivity contribution in [2.24, 2.45) is 0 Å². The predicted molar refractivity (Wildman–Crippen MR) is 62.2 cm³/mol. The molecule has 0 aliphatic carbocycles. The van der Waals surface area contributed by atoms with Gasteiger partial charge in [0.1, 0.15) is 0 Å². The molecule has 0 aliphatic heterocycles. The van der Waals surface area contributed by atoms with E-state index in [1.165, 1.54) is 26.5 Å². The van der Waals surface area contributed by atoms with Crippen LogP contribution in [0.2, 0.25) is 0 Å². The molecule has 0 unspecified atom stereocenters. The van der Waals surface area contributed by atoms with Crippen LogP contribution in [0.15, 0.2) is 24.4 Å². The number of carbonyl (C=O) groups is 2. The van der Waals surface area contributed by atoms with Crippen LogP contribution in [0.3, 0.4) is 0 Å². The molecule has 0 saturated heterocycles. The fourth-order valence-electron chi connectivity index (χ4n) is 1.46. The third kappa shape index (κ3) is 2.13. The van der Waals surface area contributed by atoms with Gasteiger partial charge in [0.05, 0.1) is 19.8 Å². The molecule has 0 aliphatic rings. The quantitative estimate of drug-likeness (QED) is 0.741. The third-order valence-corrected chi connectivity index (χ3v) is 2.36. The van der Waals surface area contributed by atoms with Crippen LogP contribution < -0.4 is 0 Å². The van der Waals surface area contributed by atoms with E-state index in [0.717, 1.165) is 0 Å². The fourth-order valence-corrected chi connectivity index (χ4v) is 1.46. The maximum Gasteiger partial charge on any atom is 0.356 e. The Labute approximate surface area is 103 Å². The number of methoxy groups -OCH3 is 2. The van der Waals surface area contributed by atoms with Gasteiger partial charge in [-0.3, -0.25) is 0 Å². The van der Waals surface area contributed by atoms with Crippen LogP contribution >= 0.6 is 0 Å². The summed E-state index contributed by atoms with van der Waals surface area (Å²) in [5.74, 6) is -1.00. The summed E-state index contributed by atoms with van der Waals surface area (Å²) in [6.45, 7) is 0. The maximum atomic E-state index is 11.3. The summed E-state index contributed by atoms with van der Waals surface area (Å²) < 4.78 is 9.15. The zero-order valence-electron chi connectivity index (χ0n) is 9.84. The highest BCUT2D eigenvalue weighted by molar-refractivity contribution is 5.94. The largest absolute Gasteiger partial charge is 0.465 e. The molecule has 0 aromatic carbocycles. The van der Waals surface area contributed by atoms with Gasteiger partial charge in [0.2, 0.25) is 0 Å². The average Bonchev–Trinajstić information content (AvgIpc) is 2.44. The van der Waals surface area contributed by atoms with Crippen molar-refractivity contribution >= 4 is 23.0 Å². The molecule has 2 aromatic heterocycles. The lowest BCUT2D eigenvalue weighted by atomic mass is 10.2. The van der Waals surface area contributed by atoms with Gasteiger partial charge in [-0.05, 0) is 18.2 Å². The van der Waals surface area contributed by atoms with E-state index in [4.69, 9.17) is 0 Å². The van der Waals surface area contributed by atoms with Crippen LogP contribution in [0, 0.1) is 0 Å². The normalized spacial score (nSPS) is 10.1. The van der Waals surface area contributed by atoms with E-state index >= 15 is 0 Å². The fraction of sp³-hybridized carbons (Fsp3) is 0.167. The number of fused-ring (bicyclic) bond motifs is 1. The summed E-state index contributed by atoms with van der Waals surface area (Å²) in [5, 5.41) is 0.644. The van der Waals surface area contributed by atoms with Crippen molar-refractivity contribution in [1.29, 1.82) is 0 Å². The van der Waals surface area contributed by atoms with Crippen molar-refractivity contribution in [2.75, 3.05) is 14.2 Å². The lowest BCUT2D eigenvalue weighted by molar-refractivity contribution is 0.0587. The Kier molecular flexibility index (Phi) is 3.18. The van der Waals surface area contributed by atoms with E-state index in [-0.39, 0.29) is 5.69 Å². The summed E-state index contributed by atoms with van der Waals surface area (Å²) in [6, 6.07) is 4.76. The Balaban J connectivity index is 2.48. The van der Waals surface area contributed by atoms with Crippen LogP contribution in [0.25, 0.3) is 11.0 Å². The first kappa shape index (κ1) is 12.0. The first-order valence-electron chi connectivity index (χ1n) is 5.09. The van der Waals surface area contributed by atoms with Crippen molar-refractivity contribution < 1.29 is 19.1 Å². The van der Waals surface area contributed by atoms with Gasteiger partial charge < -0.3 is 9.47 Å². The highest BCUT2D eigenvalue weighted by Gasteiger charge is 2.11. The smallest absolute Gasteiger partial charge is 0.356 e. The Morgan fingerprint density at radius 3 is 2.50 bits per heavy atom. The first-order valence-corrected chi connectivity index (χ1v) is 5.09. The lowest BCUT2D eigenvalue weighted by Gasteiger charge is -2.02. The van der Waals surface area contributed by atoms with E-state index in [1.807, 2.05) is 0 Å². The van der Waals surface area contributed by atoms with Gasteiger partial charge >= 0.3 is 11.9 Å². The summed E-state index contributed by atoms with van der Waals surface area (Å²) in [5.41, 5.74) is 0.867. The Morgan fingerprint density at radius 2 is 1.83 bits per heavy atom. The second-order valence-electron chi connectivity index (χ2n) is 3.45. The molecule has 0 atom stereocenters. The number of nitrogens with zero attached hydrogens (tertiary/aromatic N) is 2. The third-order valence-electron chi connectivity index (χ3n) is 2.36. The van der Waals surface area contributed by atoms with Gasteiger partial charge in [0.15, 0.2) is 11.3 Å². The van der Waals surface area contributed by atoms with Gasteiger partial charge in [0.25, 0.3) is 0 Å². The molecule has 2 rings (SSSR count). The van der Waals surface area contributed by atoms with Crippen LogP contribution in [0.4, 0.5) is 0 Å². The minimum Gasteiger partial charge on any atom is -0.465 e. The highest BCUT2D eigenvalue weighted by atomic mass is 16.5. The number of hydrogen-bond donors (Lipinski definition) is 0. The zero-order chi connectivity index (χ0) is 13.1. The van der Waals surface area contributed by atoms with Crippen molar-refractivity contribution in [3.05, 3.63) is 35.7 Å². The van der Waals surface area contributed by atoms with Crippen LogP contribution in [0.5, 0.6) is 0 Å². The molecule has 0 N–H and O–H groups in total. The molecule has 0 spiro atoms. The minimum atomic E-state index is -0.532. The monoisotopic (exact) mass is 246 g/mol. The van der Waals surface area contributed by atoms with E-state index in [0.29, 0.717) is 16.6 Å². The van der Waals surface area contributed by atoms with E-state index in [2.05, 4.69) is 19.4 Å². The van der Waals surface area contributed by atoms with Crippen molar-refractivity contribution in [1.82, 2.24) is 9.97 Å². The number of rotatable bonds is 2. The molecule has 0 saturated carbocycles. The minimum absolute atomic E-state index is 0.170. The standard InChI is InChI=1S/C12H10N2O4/c1-17-11(15)8-5-7-3-4-9(12(16)18-2)14-10(7)13-6-8/h3-6H,1-2H3. The molecule has 2 heterocycles. The zero-order valence-corrected chi connectivity index (χ0v) is 9.84. The number of hydrogen-bond acceptors (Lipinski definition) is 6. The predicted octanol–water partition coefficient (Wildman–Crippen LogP) is 1.20. The Bertz CT molecular complexity index is 569. The van der Waals surface area contributed by atoms with E-state index in [9.17, 15) is 9.59 Å². The average molecular weight is 246 g/mol. The topological polar surface area (TPSA) is 78.4 Å². The van der Waals surface area contributed by atoms with Gasteiger partial charge in [-0.2, -0.15) is 0 Å². The number of aromatic nitrogens is 2. The first-order chi connectivity index (χ1) is 8.65. The van der Waals surface area contributed by atoms with Gasteiger partial charge in [-0.15, -0.1) is 0 Å².